The van der Waals surface area contributed by atoms with Crippen LogP contribution in [0.4, 0.5) is 0 Å². The minimum atomic E-state index is -0.844. The Morgan fingerprint density at radius 3 is 2.59 bits per heavy atom. The van der Waals surface area contributed by atoms with Crippen molar-refractivity contribution in [2.24, 2.45) is 0 Å². The normalized spacial score (nSPS) is 15.8. The number of pyridine rings is 1. The maximum atomic E-state index is 12.0. The largest absolute Gasteiger partial charge is 0.481 e. The van der Waals surface area contributed by atoms with Crippen LogP contribution in [0.15, 0.2) is 18.3 Å². The molecule has 1 aromatic heterocycles. The first-order valence-electron chi connectivity index (χ1n) is 7.68. The van der Waals surface area contributed by atoms with Crippen LogP contribution < -0.4 is 0 Å². The van der Waals surface area contributed by atoms with E-state index in [9.17, 15) is 9.59 Å². The minimum Gasteiger partial charge on any atom is -0.481 e. The molecule has 0 aromatic carbocycles. The first kappa shape index (κ1) is 16.4. The van der Waals surface area contributed by atoms with Crippen molar-refractivity contribution in [2.75, 3.05) is 26.2 Å². The molecule has 0 radical (unpaired) electrons. The fraction of sp³-hybridized carbons (Fsp3) is 0.562. The number of amides is 1. The number of carbonyl (C=O) groups excluding carboxylic acids is 1. The van der Waals surface area contributed by atoms with E-state index in [4.69, 9.17) is 5.11 Å². The van der Waals surface area contributed by atoms with Gasteiger partial charge in [-0.05, 0) is 25.0 Å². The second-order valence-corrected chi connectivity index (χ2v) is 5.67. The summed E-state index contributed by atoms with van der Waals surface area (Å²) in [4.78, 5) is 31.0. The Hall–Kier alpha value is -1.95. The van der Waals surface area contributed by atoms with Gasteiger partial charge in [0, 0.05) is 51.8 Å². The number of aliphatic carboxylic acids is 1. The molecule has 0 spiro atoms. The van der Waals surface area contributed by atoms with E-state index < -0.39 is 5.97 Å². The molecule has 1 aromatic rings. The zero-order chi connectivity index (χ0) is 15.9. The summed E-state index contributed by atoms with van der Waals surface area (Å²) in [6, 6.07) is 4.00. The quantitative estimate of drug-likeness (QED) is 0.857. The van der Waals surface area contributed by atoms with E-state index >= 15 is 0 Å². The molecule has 6 heteroatoms. The maximum absolute atomic E-state index is 12.0. The Kier molecular flexibility index (Phi) is 5.89. The highest BCUT2D eigenvalue weighted by atomic mass is 16.4. The first-order valence-corrected chi connectivity index (χ1v) is 7.68. The Morgan fingerprint density at radius 2 is 1.95 bits per heavy atom. The zero-order valence-corrected chi connectivity index (χ0v) is 13.0. The van der Waals surface area contributed by atoms with Gasteiger partial charge in [0.05, 0.1) is 5.69 Å². The van der Waals surface area contributed by atoms with Crippen molar-refractivity contribution in [3.8, 4) is 0 Å². The van der Waals surface area contributed by atoms with Gasteiger partial charge in [0.2, 0.25) is 5.91 Å². The third-order valence-electron chi connectivity index (χ3n) is 4.00. The molecule has 1 saturated heterocycles. The summed E-state index contributed by atoms with van der Waals surface area (Å²) >= 11 is 0. The molecule has 0 aliphatic carbocycles. The van der Waals surface area contributed by atoms with Crippen molar-refractivity contribution in [3.05, 3.63) is 29.6 Å². The molecule has 0 saturated carbocycles. The fourth-order valence-corrected chi connectivity index (χ4v) is 2.60. The molecule has 1 amide bonds. The van der Waals surface area contributed by atoms with Gasteiger partial charge in [0.1, 0.15) is 0 Å². The molecule has 1 aliphatic heterocycles. The van der Waals surface area contributed by atoms with Crippen LogP contribution in [0, 0.1) is 6.92 Å². The average molecular weight is 305 g/mol. The number of carbonyl (C=O) groups is 2. The van der Waals surface area contributed by atoms with E-state index in [1.54, 1.807) is 0 Å². The molecular weight excluding hydrogens is 282 g/mol. The number of carboxylic acids is 1. The summed E-state index contributed by atoms with van der Waals surface area (Å²) in [6.07, 6.45) is 2.61. The van der Waals surface area contributed by atoms with Gasteiger partial charge >= 0.3 is 5.97 Å². The number of carboxylic acid groups (broad SMARTS) is 1. The van der Waals surface area contributed by atoms with E-state index in [0.717, 1.165) is 25.3 Å². The van der Waals surface area contributed by atoms with Gasteiger partial charge < -0.3 is 10.0 Å². The monoisotopic (exact) mass is 305 g/mol. The molecule has 120 valence electrons. The van der Waals surface area contributed by atoms with Gasteiger partial charge in [-0.15, -0.1) is 0 Å². The topological polar surface area (TPSA) is 73.7 Å². The number of piperazine rings is 1. The summed E-state index contributed by atoms with van der Waals surface area (Å²) in [5.41, 5.74) is 2.28. The van der Waals surface area contributed by atoms with E-state index in [2.05, 4.69) is 22.9 Å². The van der Waals surface area contributed by atoms with Gasteiger partial charge in [-0.1, -0.05) is 6.07 Å². The molecule has 2 heterocycles. The van der Waals surface area contributed by atoms with Gasteiger partial charge in [-0.25, -0.2) is 0 Å². The fourth-order valence-electron chi connectivity index (χ4n) is 2.60. The lowest BCUT2D eigenvalue weighted by molar-refractivity contribution is -0.137. The van der Waals surface area contributed by atoms with E-state index in [-0.39, 0.29) is 12.3 Å². The van der Waals surface area contributed by atoms with Crippen molar-refractivity contribution in [2.45, 2.75) is 32.7 Å². The number of nitrogens with zero attached hydrogens (tertiary/aromatic N) is 3. The summed E-state index contributed by atoms with van der Waals surface area (Å²) < 4.78 is 0. The zero-order valence-electron chi connectivity index (χ0n) is 13.0. The number of hydrogen-bond acceptors (Lipinski definition) is 4. The van der Waals surface area contributed by atoms with Crippen molar-refractivity contribution in [3.63, 3.8) is 0 Å². The number of aromatic nitrogens is 1. The van der Waals surface area contributed by atoms with Crippen LogP contribution in [0.25, 0.3) is 0 Å². The molecule has 1 aliphatic rings. The summed E-state index contributed by atoms with van der Waals surface area (Å²) in [5, 5.41) is 8.60. The van der Waals surface area contributed by atoms with Crippen molar-refractivity contribution in [1.29, 1.82) is 0 Å². The highest BCUT2D eigenvalue weighted by molar-refractivity contribution is 5.77. The number of hydrogen-bond donors (Lipinski definition) is 1. The lowest BCUT2D eigenvalue weighted by Crippen LogP contribution is -2.48. The van der Waals surface area contributed by atoms with Crippen LogP contribution >= 0.6 is 0 Å². The number of aryl methyl sites for hydroxylation is 1. The SMILES string of the molecule is Cc1cccnc1CN1CCN(C(=O)CCCC(=O)O)CC1. The molecule has 2 rings (SSSR count). The van der Waals surface area contributed by atoms with E-state index in [0.29, 0.717) is 25.9 Å². The predicted molar refractivity (Wildman–Crippen MR) is 82.3 cm³/mol. The Labute approximate surface area is 130 Å². The van der Waals surface area contributed by atoms with Crippen LogP contribution in [0.1, 0.15) is 30.5 Å². The molecule has 0 atom stereocenters. The summed E-state index contributed by atoms with van der Waals surface area (Å²) in [5.74, 6) is -0.779. The maximum Gasteiger partial charge on any atom is 0.303 e. The minimum absolute atomic E-state index is 0.0602. The van der Waals surface area contributed by atoms with Gasteiger partial charge in [0.25, 0.3) is 0 Å². The second-order valence-electron chi connectivity index (χ2n) is 5.67. The van der Waals surface area contributed by atoms with Crippen LogP contribution in [0.2, 0.25) is 0 Å². The smallest absolute Gasteiger partial charge is 0.303 e. The highest BCUT2D eigenvalue weighted by Gasteiger charge is 2.21. The van der Waals surface area contributed by atoms with Gasteiger partial charge in [0.15, 0.2) is 0 Å². The third kappa shape index (κ3) is 4.80. The van der Waals surface area contributed by atoms with Crippen LogP contribution in [-0.2, 0) is 16.1 Å². The highest BCUT2D eigenvalue weighted by Crippen LogP contribution is 2.11. The van der Waals surface area contributed by atoms with Crippen LogP contribution in [0.3, 0.4) is 0 Å². The number of rotatable bonds is 6. The van der Waals surface area contributed by atoms with Crippen LogP contribution in [0.5, 0.6) is 0 Å². The van der Waals surface area contributed by atoms with Crippen molar-refractivity contribution >= 4 is 11.9 Å². The molecule has 0 unspecified atom stereocenters. The Bertz CT molecular complexity index is 525. The summed E-state index contributed by atoms with van der Waals surface area (Å²) in [6.45, 7) is 5.95. The Morgan fingerprint density at radius 1 is 1.23 bits per heavy atom. The van der Waals surface area contributed by atoms with Crippen LogP contribution in [-0.4, -0.2) is 57.9 Å². The lowest BCUT2D eigenvalue weighted by atomic mass is 10.2. The average Bonchev–Trinajstić information content (AvgIpc) is 2.50. The van der Waals surface area contributed by atoms with Gasteiger partial charge in [-0.3, -0.25) is 19.5 Å². The molecule has 1 fully saturated rings. The first-order chi connectivity index (χ1) is 10.6. The molecule has 1 N–H and O–H groups in total. The Balaban J connectivity index is 1.74. The van der Waals surface area contributed by atoms with Crippen molar-refractivity contribution < 1.29 is 14.7 Å². The standard InChI is InChI=1S/C16H23N3O3/c1-13-4-3-7-17-14(13)12-18-8-10-19(11-9-18)15(20)5-2-6-16(21)22/h3-4,7H,2,5-6,8-12H2,1H3,(H,21,22). The molecule has 22 heavy (non-hydrogen) atoms. The lowest BCUT2D eigenvalue weighted by Gasteiger charge is -2.34. The third-order valence-corrected chi connectivity index (χ3v) is 4.00. The van der Waals surface area contributed by atoms with Gasteiger partial charge in [-0.2, -0.15) is 0 Å². The van der Waals surface area contributed by atoms with Crippen molar-refractivity contribution in [1.82, 2.24) is 14.8 Å². The molecule has 6 nitrogen and oxygen atoms in total. The summed E-state index contributed by atoms with van der Waals surface area (Å²) in [7, 11) is 0. The molecular formula is C16H23N3O3. The predicted octanol–water partition coefficient (Wildman–Crippen LogP) is 1.29. The second kappa shape index (κ2) is 7.89. The van der Waals surface area contributed by atoms with E-state index in [1.165, 1.54) is 5.56 Å². The molecule has 0 bridgehead atoms. The van der Waals surface area contributed by atoms with E-state index in [1.807, 2.05) is 17.2 Å².